The highest BCUT2D eigenvalue weighted by Gasteiger charge is 2.24. The Morgan fingerprint density at radius 1 is 1.13 bits per heavy atom. The maximum atomic E-state index is 10.1. The lowest BCUT2D eigenvalue weighted by molar-refractivity contribution is 0.192. The molecule has 1 aliphatic rings. The molecule has 0 aliphatic carbocycles. The summed E-state index contributed by atoms with van der Waals surface area (Å²) >= 11 is 0. The monoisotopic (exact) mass is 527 g/mol. The molecule has 30 heavy (non-hydrogen) atoms. The number of furan rings is 1. The smallest absolute Gasteiger partial charge is 0.193 e. The highest BCUT2D eigenvalue weighted by molar-refractivity contribution is 14.0. The number of phenols is 1. The molecule has 0 bridgehead atoms. The first kappa shape index (κ1) is 24.3. The molecule has 0 radical (unpaired) electrons. The Labute approximate surface area is 196 Å². The van der Waals surface area contributed by atoms with Crippen molar-refractivity contribution in [1.82, 2.24) is 15.1 Å². The van der Waals surface area contributed by atoms with Gasteiger partial charge in [0.2, 0.25) is 0 Å². The molecular weight excluding hydrogens is 493 g/mol. The summed E-state index contributed by atoms with van der Waals surface area (Å²) in [6.07, 6.45) is 1.73. The van der Waals surface area contributed by atoms with Gasteiger partial charge in [0.1, 0.15) is 11.5 Å². The van der Waals surface area contributed by atoms with Crippen LogP contribution in [0.15, 0.2) is 52.1 Å². The number of phenolic OH excluding ortho intramolecular Hbond substituents is 1. The standard InChI is InChI=1S/C22H33N5O2.HI/c1-4-25(5-2)19(21-11-8-16-29-21)17-24-22(23-3)27-14-12-26(13-15-27)18-9-6-7-10-20(18)28;/h6-11,16,19,28H,4-5,12-15,17H2,1-3H3,(H,23,24);1H. The fraction of sp³-hybridized carbons (Fsp3) is 0.500. The Balaban J connectivity index is 0.00000320. The maximum Gasteiger partial charge on any atom is 0.193 e. The van der Waals surface area contributed by atoms with Gasteiger partial charge in [-0.3, -0.25) is 9.89 Å². The second-order valence-electron chi connectivity index (χ2n) is 7.14. The van der Waals surface area contributed by atoms with E-state index in [1.54, 1.807) is 12.3 Å². The average molecular weight is 527 g/mol. The number of para-hydroxylation sites is 2. The number of likely N-dealkylation sites (N-methyl/N-ethyl adjacent to an activating group) is 1. The van der Waals surface area contributed by atoms with E-state index in [2.05, 4.69) is 38.9 Å². The lowest BCUT2D eigenvalue weighted by atomic mass is 10.2. The topological polar surface area (TPSA) is 67.5 Å². The lowest BCUT2D eigenvalue weighted by Crippen LogP contribution is -2.53. The summed E-state index contributed by atoms with van der Waals surface area (Å²) in [5, 5.41) is 13.7. The zero-order valence-corrected chi connectivity index (χ0v) is 20.5. The number of hydrogen-bond donors (Lipinski definition) is 2. The van der Waals surface area contributed by atoms with E-state index in [-0.39, 0.29) is 30.0 Å². The van der Waals surface area contributed by atoms with Gasteiger partial charge in [-0.2, -0.15) is 0 Å². The van der Waals surface area contributed by atoms with E-state index in [1.807, 2.05) is 37.4 Å². The van der Waals surface area contributed by atoms with E-state index < -0.39 is 0 Å². The van der Waals surface area contributed by atoms with Crippen LogP contribution in [0, 0.1) is 0 Å². The number of aliphatic imine (C=N–C) groups is 1. The summed E-state index contributed by atoms with van der Waals surface area (Å²) in [4.78, 5) is 11.4. The predicted octanol–water partition coefficient (Wildman–Crippen LogP) is 3.38. The van der Waals surface area contributed by atoms with Gasteiger partial charge in [-0.05, 0) is 37.4 Å². The van der Waals surface area contributed by atoms with Crippen molar-refractivity contribution in [3.63, 3.8) is 0 Å². The maximum absolute atomic E-state index is 10.1. The van der Waals surface area contributed by atoms with Crippen molar-refractivity contribution in [2.45, 2.75) is 19.9 Å². The van der Waals surface area contributed by atoms with Crippen LogP contribution >= 0.6 is 24.0 Å². The second-order valence-corrected chi connectivity index (χ2v) is 7.14. The molecule has 7 nitrogen and oxygen atoms in total. The number of halogens is 1. The van der Waals surface area contributed by atoms with E-state index in [4.69, 9.17) is 4.42 Å². The number of benzene rings is 1. The highest BCUT2D eigenvalue weighted by Crippen LogP contribution is 2.27. The number of aromatic hydroxyl groups is 1. The van der Waals surface area contributed by atoms with Gasteiger partial charge in [0.15, 0.2) is 5.96 Å². The minimum absolute atomic E-state index is 0. The molecule has 2 N–H and O–H groups in total. The molecule has 3 rings (SSSR count). The van der Waals surface area contributed by atoms with Crippen LogP contribution in [0.2, 0.25) is 0 Å². The van der Waals surface area contributed by atoms with Crippen molar-refractivity contribution in [2.75, 3.05) is 57.8 Å². The van der Waals surface area contributed by atoms with Crippen molar-refractivity contribution in [3.05, 3.63) is 48.4 Å². The SMILES string of the molecule is CCN(CC)C(CNC(=NC)N1CCN(c2ccccc2O)CC1)c1ccco1.I. The molecule has 1 aliphatic heterocycles. The molecule has 1 atom stereocenters. The third-order valence-corrected chi connectivity index (χ3v) is 5.59. The van der Waals surface area contributed by atoms with Crippen molar-refractivity contribution in [3.8, 4) is 5.75 Å². The Morgan fingerprint density at radius 3 is 2.40 bits per heavy atom. The molecule has 1 unspecified atom stereocenters. The third kappa shape index (κ3) is 5.81. The summed E-state index contributed by atoms with van der Waals surface area (Å²) in [6, 6.07) is 11.7. The van der Waals surface area contributed by atoms with Crippen molar-refractivity contribution in [1.29, 1.82) is 0 Å². The van der Waals surface area contributed by atoms with Crippen LogP contribution in [0.5, 0.6) is 5.75 Å². The molecule has 166 valence electrons. The largest absolute Gasteiger partial charge is 0.506 e. The Hall–Kier alpha value is -1.94. The molecule has 0 saturated carbocycles. The first-order valence-electron chi connectivity index (χ1n) is 10.4. The van der Waals surface area contributed by atoms with Crippen molar-refractivity contribution < 1.29 is 9.52 Å². The minimum atomic E-state index is 0. The fourth-order valence-electron chi connectivity index (χ4n) is 3.97. The molecule has 1 aromatic heterocycles. The number of hydrogen-bond acceptors (Lipinski definition) is 5. The van der Waals surface area contributed by atoms with Gasteiger partial charge in [-0.25, -0.2) is 0 Å². The van der Waals surface area contributed by atoms with Gasteiger partial charge in [0, 0.05) is 39.8 Å². The molecule has 1 fully saturated rings. The van der Waals surface area contributed by atoms with Gasteiger partial charge < -0.3 is 24.6 Å². The highest BCUT2D eigenvalue weighted by atomic mass is 127. The normalized spacial score (nSPS) is 15.8. The molecular formula is C22H34IN5O2. The van der Waals surface area contributed by atoms with E-state index in [9.17, 15) is 5.11 Å². The first-order chi connectivity index (χ1) is 14.2. The zero-order valence-electron chi connectivity index (χ0n) is 18.1. The quantitative estimate of drug-likeness (QED) is 0.327. The molecule has 0 amide bonds. The first-order valence-corrected chi connectivity index (χ1v) is 10.4. The number of piperazine rings is 1. The van der Waals surface area contributed by atoms with Gasteiger partial charge in [0.05, 0.1) is 18.0 Å². The number of rotatable bonds is 7. The fourth-order valence-corrected chi connectivity index (χ4v) is 3.97. The lowest BCUT2D eigenvalue weighted by Gasteiger charge is -2.38. The Kier molecular flexibility index (Phi) is 9.77. The van der Waals surface area contributed by atoms with Crippen molar-refractivity contribution >= 4 is 35.6 Å². The van der Waals surface area contributed by atoms with Crippen LogP contribution in [0.1, 0.15) is 25.6 Å². The summed E-state index contributed by atoms with van der Waals surface area (Å²) in [5.74, 6) is 2.22. The second kappa shape index (κ2) is 12.0. The van der Waals surface area contributed by atoms with Gasteiger partial charge in [0.25, 0.3) is 0 Å². The van der Waals surface area contributed by atoms with Crippen LogP contribution in [-0.2, 0) is 0 Å². The van der Waals surface area contributed by atoms with Gasteiger partial charge in [-0.1, -0.05) is 26.0 Å². The van der Waals surface area contributed by atoms with E-state index in [0.717, 1.165) is 63.2 Å². The minimum Gasteiger partial charge on any atom is -0.506 e. The summed E-state index contributed by atoms with van der Waals surface area (Å²) in [6.45, 7) is 10.4. The Morgan fingerprint density at radius 2 is 1.83 bits per heavy atom. The summed E-state index contributed by atoms with van der Waals surface area (Å²) in [5.41, 5.74) is 0.898. The number of anilines is 1. The van der Waals surface area contributed by atoms with Crippen LogP contribution < -0.4 is 10.2 Å². The molecule has 8 heteroatoms. The van der Waals surface area contributed by atoms with Crippen LogP contribution in [-0.4, -0.2) is 73.7 Å². The average Bonchev–Trinajstić information content (AvgIpc) is 3.29. The van der Waals surface area contributed by atoms with E-state index >= 15 is 0 Å². The predicted molar refractivity (Wildman–Crippen MR) is 133 cm³/mol. The van der Waals surface area contributed by atoms with E-state index in [1.165, 1.54) is 0 Å². The van der Waals surface area contributed by atoms with Crippen LogP contribution in [0.3, 0.4) is 0 Å². The zero-order chi connectivity index (χ0) is 20.6. The van der Waals surface area contributed by atoms with Gasteiger partial charge >= 0.3 is 0 Å². The molecule has 1 aromatic carbocycles. The molecule has 0 spiro atoms. The summed E-state index contributed by atoms with van der Waals surface area (Å²) < 4.78 is 5.70. The molecule has 2 heterocycles. The molecule has 2 aromatic rings. The van der Waals surface area contributed by atoms with Crippen molar-refractivity contribution in [2.24, 2.45) is 4.99 Å². The number of nitrogens with zero attached hydrogens (tertiary/aromatic N) is 4. The van der Waals surface area contributed by atoms with E-state index in [0.29, 0.717) is 5.75 Å². The number of nitrogens with one attached hydrogen (secondary N) is 1. The molecule has 1 saturated heterocycles. The Bertz CT molecular complexity index is 772. The van der Waals surface area contributed by atoms with Gasteiger partial charge in [-0.15, -0.1) is 24.0 Å². The number of guanidine groups is 1. The van der Waals surface area contributed by atoms with Crippen LogP contribution in [0.4, 0.5) is 5.69 Å². The third-order valence-electron chi connectivity index (χ3n) is 5.59. The van der Waals surface area contributed by atoms with Crippen LogP contribution in [0.25, 0.3) is 0 Å². The summed E-state index contributed by atoms with van der Waals surface area (Å²) in [7, 11) is 1.83.